The van der Waals surface area contributed by atoms with E-state index in [0.717, 1.165) is 5.39 Å². The zero-order chi connectivity index (χ0) is 14.1. The second kappa shape index (κ2) is 4.98. The first-order valence-electron chi connectivity index (χ1n) is 5.92. The van der Waals surface area contributed by atoms with E-state index in [0.29, 0.717) is 17.0 Å². The van der Waals surface area contributed by atoms with E-state index in [2.05, 4.69) is 4.98 Å². The molecule has 0 aliphatic rings. The molecular formula is C15H10ClFN2O. The topological polar surface area (TPSA) is 48.1 Å². The molecule has 0 spiro atoms. The summed E-state index contributed by atoms with van der Waals surface area (Å²) in [6, 6.07) is 11.6. The molecule has 2 N–H and O–H groups in total. The molecule has 0 fully saturated rings. The van der Waals surface area contributed by atoms with Gasteiger partial charge in [-0.1, -0.05) is 17.7 Å². The van der Waals surface area contributed by atoms with E-state index in [1.54, 1.807) is 30.5 Å². The lowest BCUT2D eigenvalue weighted by Crippen LogP contribution is -1.94. The van der Waals surface area contributed by atoms with Crippen molar-refractivity contribution in [1.82, 2.24) is 4.98 Å². The van der Waals surface area contributed by atoms with Crippen molar-refractivity contribution in [2.24, 2.45) is 0 Å². The van der Waals surface area contributed by atoms with Gasteiger partial charge in [0.05, 0.1) is 5.02 Å². The Morgan fingerprint density at radius 2 is 1.90 bits per heavy atom. The highest BCUT2D eigenvalue weighted by Crippen LogP contribution is 2.34. The number of aromatic nitrogens is 1. The Labute approximate surface area is 119 Å². The lowest BCUT2D eigenvalue weighted by atomic mass is 10.1. The number of pyridine rings is 1. The van der Waals surface area contributed by atoms with Crippen LogP contribution in [0.25, 0.3) is 10.9 Å². The highest BCUT2D eigenvalue weighted by Gasteiger charge is 2.11. The van der Waals surface area contributed by atoms with Gasteiger partial charge in [-0.2, -0.15) is 0 Å². The molecule has 0 aliphatic carbocycles. The summed E-state index contributed by atoms with van der Waals surface area (Å²) in [7, 11) is 0. The minimum atomic E-state index is -0.602. The van der Waals surface area contributed by atoms with Crippen LogP contribution in [0.1, 0.15) is 0 Å². The Morgan fingerprint density at radius 3 is 2.75 bits per heavy atom. The molecule has 3 aromatic rings. The molecule has 3 rings (SSSR count). The van der Waals surface area contributed by atoms with Gasteiger partial charge in [-0.3, -0.25) is 4.98 Å². The van der Waals surface area contributed by atoms with Gasteiger partial charge in [0.2, 0.25) is 0 Å². The van der Waals surface area contributed by atoms with Crippen LogP contribution in [-0.2, 0) is 0 Å². The third-order valence-electron chi connectivity index (χ3n) is 2.90. The Hall–Kier alpha value is -2.33. The maximum atomic E-state index is 13.9. The maximum Gasteiger partial charge on any atom is 0.184 e. The number of nitrogens with zero attached hydrogens (tertiary/aromatic N) is 1. The molecular weight excluding hydrogens is 279 g/mol. The Bertz CT molecular complexity index is 792. The fraction of sp³-hybridized carbons (Fsp3) is 0. The van der Waals surface area contributed by atoms with Crippen molar-refractivity contribution in [1.29, 1.82) is 0 Å². The van der Waals surface area contributed by atoms with Crippen LogP contribution < -0.4 is 10.5 Å². The van der Waals surface area contributed by atoms with Crippen molar-refractivity contribution in [3.05, 3.63) is 59.5 Å². The van der Waals surface area contributed by atoms with Gasteiger partial charge in [-0.05, 0) is 36.4 Å². The van der Waals surface area contributed by atoms with Gasteiger partial charge >= 0.3 is 0 Å². The average molecular weight is 289 g/mol. The fourth-order valence-corrected chi connectivity index (χ4v) is 2.10. The molecule has 0 unspecified atom stereocenters. The van der Waals surface area contributed by atoms with Crippen LogP contribution in [0.15, 0.2) is 48.7 Å². The summed E-state index contributed by atoms with van der Waals surface area (Å²) in [4.78, 5) is 4.23. The number of nitrogens with two attached hydrogens (primary N) is 1. The monoisotopic (exact) mass is 288 g/mol. The van der Waals surface area contributed by atoms with Gasteiger partial charge in [0.1, 0.15) is 5.52 Å². The first-order valence-corrected chi connectivity index (χ1v) is 6.29. The molecule has 0 atom stereocenters. The number of halogens is 2. The van der Waals surface area contributed by atoms with E-state index in [4.69, 9.17) is 22.1 Å². The van der Waals surface area contributed by atoms with Crippen molar-refractivity contribution in [3.63, 3.8) is 0 Å². The highest BCUT2D eigenvalue weighted by atomic mass is 35.5. The van der Waals surface area contributed by atoms with Gasteiger partial charge in [0.25, 0.3) is 0 Å². The molecule has 0 saturated carbocycles. The first kappa shape index (κ1) is 12.7. The maximum absolute atomic E-state index is 13.9. The molecule has 3 nitrogen and oxygen atoms in total. The van der Waals surface area contributed by atoms with Crippen LogP contribution in [0, 0.1) is 5.82 Å². The summed E-state index contributed by atoms with van der Waals surface area (Å²) in [5, 5.41) is 0.766. The number of hydrogen-bond donors (Lipinski definition) is 1. The zero-order valence-corrected chi connectivity index (χ0v) is 11.1. The largest absolute Gasteiger partial charge is 0.452 e. The summed E-state index contributed by atoms with van der Waals surface area (Å²) in [5.41, 5.74) is 7.05. The number of rotatable bonds is 2. The van der Waals surface area contributed by atoms with E-state index in [9.17, 15) is 4.39 Å². The third kappa shape index (κ3) is 2.14. The normalized spacial score (nSPS) is 10.7. The Morgan fingerprint density at radius 1 is 1.05 bits per heavy atom. The number of fused-ring (bicyclic) bond motifs is 1. The molecule has 2 aromatic carbocycles. The standard InChI is InChI=1S/C15H10ClFN2O/c16-10-4-1-5-12(14(10)17)20-13-7-6-11(18)9-3-2-8-19-15(9)13/h1-8H,18H2. The number of benzene rings is 2. The molecule has 0 saturated heterocycles. The van der Waals surface area contributed by atoms with Crippen LogP contribution in [0.2, 0.25) is 5.02 Å². The predicted octanol–water partition coefficient (Wildman–Crippen LogP) is 4.40. The molecule has 1 heterocycles. The molecule has 0 amide bonds. The number of ether oxygens (including phenoxy) is 1. The minimum Gasteiger partial charge on any atom is -0.452 e. The molecule has 0 radical (unpaired) electrons. The van der Waals surface area contributed by atoms with Gasteiger partial charge in [-0.15, -0.1) is 0 Å². The molecule has 100 valence electrons. The van der Waals surface area contributed by atoms with E-state index in [1.165, 1.54) is 12.1 Å². The van der Waals surface area contributed by atoms with Crippen molar-refractivity contribution in [2.75, 3.05) is 5.73 Å². The predicted molar refractivity (Wildman–Crippen MR) is 77.6 cm³/mol. The Kier molecular flexibility index (Phi) is 3.16. The van der Waals surface area contributed by atoms with Crippen LogP contribution >= 0.6 is 11.6 Å². The summed E-state index contributed by atoms with van der Waals surface area (Å²) in [5.74, 6) is -0.125. The van der Waals surface area contributed by atoms with Crippen molar-refractivity contribution < 1.29 is 9.13 Å². The highest BCUT2D eigenvalue weighted by molar-refractivity contribution is 6.30. The number of anilines is 1. The van der Waals surface area contributed by atoms with E-state index >= 15 is 0 Å². The Balaban J connectivity index is 2.12. The number of nitrogen functional groups attached to an aromatic ring is 1. The third-order valence-corrected chi connectivity index (χ3v) is 3.19. The lowest BCUT2D eigenvalue weighted by Gasteiger charge is -2.10. The molecule has 0 bridgehead atoms. The zero-order valence-electron chi connectivity index (χ0n) is 10.3. The summed E-state index contributed by atoms with van der Waals surface area (Å²) in [6.45, 7) is 0. The van der Waals surface area contributed by atoms with Gasteiger partial charge in [-0.25, -0.2) is 4.39 Å². The van der Waals surface area contributed by atoms with Crippen molar-refractivity contribution in [2.45, 2.75) is 0 Å². The summed E-state index contributed by atoms with van der Waals surface area (Å²) >= 11 is 5.73. The molecule has 0 aliphatic heterocycles. The second-order valence-corrected chi connectivity index (χ2v) is 4.61. The van der Waals surface area contributed by atoms with E-state index in [-0.39, 0.29) is 10.8 Å². The minimum absolute atomic E-state index is 0.00945. The average Bonchev–Trinajstić information content (AvgIpc) is 2.47. The van der Waals surface area contributed by atoms with Crippen molar-refractivity contribution >= 4 is 28.2 Å². The fourth-order valence-electron chi connectivity index (χ4n) is 1.93. The van der Waals surface area contributed by atoms with Crippen LogP contribution in [-0.4, -0.2) is 4.98 Å². The molecule has 1 aromatic heterocycles. The van der Waals surface area contributed by atoms with E-state index in [1.807, 2.05) is 6.07 Å². The summed E-state index contributed by atoms with van der Waals surface area (Å²) in [6.07, 6.45) is 1.63. The molecule has 20 heavy (non-hydrogen) atoms. The van der Waals surface area contributed by atoms with Gasteiger partial charge < -0.3 is 10.5 Å². The molecule has 5 heteroatoms. The van der Waals surface area contributed by atoms with Crippen LogP contribution in [0.5, 0.6) is 11.5 Å². The first-order chi connectivity index (χ1) is 9.66. The van der Waals surface area contributed by atoms with Crippen molar-refractivity contribution in [3.8, 4) is 11.5 Å². The second-order valence-electron chi connectivity index (χ2n) is 4.21. The smallest absolute Gasteiger partial charge is 0.184 e. The van der Waals surface area contributed by atoms with Crippen LogP contribution in [0.4, 0.5) is 10.1 Å². The number of hydrogen-bond acceptors (Lipinski definition) is 3. The van der Waals surface area contributed by atoms with Gasteiger partial charge in [0, 0.05) is 17.3 Å². The quantitative estimate of drug-likeness (QED) is 0.711. The van der Waals surface area contributed by atoms with E-state index < -0.39 is 5.82 Å². The van der Waals surface area contributed by atoms with Gasteiger partial charge in [0.15, 0.2) is 17.3 Å². The van der Waals surface area contributed by atoms with Crippen LogP contribution in [0.3, 0.4) is 0 Å². The SMILES string of the molecule is Nc1ccc(Oc2cccc(Cl)c2F)c2ncccc12. The summed E-state index contributed by atoms with van der Waals surface area (Å²) < 4.78 is 19.4. The lowest BCUT2D eigenvalue weighted by molar-refractivity contribution is 0.446.